The van der Waals surface area contributed by atoms with Gasteiger partial charge < -0.3 is 9.29 Å². The average molecular weight is 390 g/mol. The molecule has 1 N–H and O–H groups in total. The van der Waals surface area contributed by atoms with Gasteiger partial charge in [0, 0.05) is 21.9 Å². The first kappa shape index (κ1) is 20.5. The van der Waals surface area contributed by atoms with E-state index in [4.69, 9.17) is 16.3 Å². The Morgan fingerprint density at radius 2 is 2.12 bits per heavy atom. The molecule has 0 amide bonds. The molecule has 1 saturated carbocycles. The molecule has 0 radical (unpaired) electrons. The minimum Gasteiger partial charge on any atom is -0.598 e. The van der Waals surface area contributed by atoms with Crippen LogP contribution in [-0.4, -0.2) is 21.9 Å². The Balaban J connectivity index is 2.35. The lowest BCUT2D eigenvalue weighted by molar-refractivity contribution is -0.143. The maximum absolute atomic E-state index is 15.0. The molecule has 4 nitrogen and oxygen atoms in total. The minimum atomic E-state index is -1.47. The number of carbonyl (C=O) groups is 1. The number of nitrogens with one attached hydrogen (secondary N) is 1. The van der Waals surface area contributed by atoms with Gasteiger partial charge in [0.15, 0.2) is 0 Å². The van der Waals surface area contributed by atoms with Crippen molar-refractivity contribution >= 4 is 28.9 Å². The first-order chi connectivity index (χ1) is 11.6. The maximum atomic E-state index is 15.0. The molecule has 1 aliphatic rings. The summed E-state index contributed by atoms with van der Waals surface area (Å²) in [5.41, 5.74) is 0.833. The van der Waals surface area contributed by atoms with Crippen LogP contribution in [0, 0.1) is 5.82 Å². The molecule has 1 aromatic rings. The van der Waals surface area contributed by atoms with Gasteiger partial charge in [-0.15, -0.1) is 4.72 Å². The van der Waals surface area contributed by atoms with Gasteiger partial charge in [-0.3, -0.25) is 4.79 Å². The first-order valence-corrected chi connectivity index (χ1v) is 9.98. The van der Waals surface area contributed by atoms with E-state index in [1.54, 1.807) is 13.0 Å². The number of hydrogen-bond donors (Lipinski definition) is 1. The smallest absolute Gasteiger partial charge is 0.307 e. The van der Waals surface area contributed by atoms with Gasteiger partial charge in [-0.2, -0.15) is 0 Å². The molecular weight excluding hydrogens is 365 g/mol. The van der Waals surface area contributed by atoms with Gasteiger partial charge in [-0.25, -0.2) is 4.39 Å². The standard InChI is InChI=1S/C18H25ClFNO3S/c1-5-24-16(22)10-15(21-25(23)18(2,3)4)14-9-12(19)8-13(17(14)20)11-6-7-11/h8-9,11,15,21H,5-7,10H2,1-4H3/t15-,25?/m0/s1. The highest BCUT2D eigenvalue weighted by Crippen LogP contribution is 2.44. The number of esters is 1. The van der Waals surface area contributed by atoms with Crippen molar-refractivity contribution in [2.45, 2.75) is 63.7 Å². The van der Waals surface area contributed by atoms with E-state index < -0.39 is 28.1 Å². The Labute approximate surface area is 156 Å². The fourth-order valence-electron chi connectivity index (χ4n) is 2.48. The molecule has 0 aliphatic heterocycles. The van der Waals surface area contributed by atoms with E-state index in [1.165, 1.54) is 6.07 Å². The Kier molecular flexibility index (Phi) is 6.76. The van der Waals surface area contributed by atoms with E-state index in [1.807, 2.05) is 20.8 Å². The van der Waals surface area contributed by atoms with Crippen LogP contribution in [0.4, 0.5) is 4.39 Å². The topological polar surface area (TPSA) is 61.4 Å². The monoisotopic (exact) mass is 389 g/mol. The molecule has 0 spiro atoms. The highest BCUT2D eigenvalue weighted by molar-refractivity contribution is 7.90. The summed E-state index contributed by atoms with van der Waals surface area (Å²) in [4.78, 5) is 12.0. The van der Waals surface area contributed by atoms with Gasteiger partial charge in [-0.1, -0.05) is 11.6 Å². The normalized spacial score (nSPS) is 17.2. The van der Waals surface area contributed by atoms with Gasteiger partial charge in [-0.05, 0) is 64.2 Å². The quantitative estimate of drug-likeness (QED) is 0.554. The Morgan fingerprint density at radius 1 is 1.48 bits per heavy atom. The Morgan fingerprint density at radius 3 is 2.64 bits per heavy atom. The third kappa shape index (κ3) is 5.58. The molecule has 7 heteroatoms. The highest BCUT2D eigenvalue weighted by Gasteiger charge is 2.35. The molecule has 2 atom stereocenters. The van der Waals surface area contributed by atoms with Gasteiger partial charge in [0.05, 0.1) is 19.1 Å². The summed E-state index contributed by atoms with van der Waals surface area (Å²) >= 11 is 4.70. The molecule has 1 fully saturated rings. The summed E-state index contributed by atoms with van der Waals surface area (Å²) in [6.07, 6.45) is 1.75. The fraction of sp³-hybridized carbons (Fsp3) is 0.611. The molecule has 2 rings (SSSR count). The molecule has 140 valence electrons. The van der Waals surface area contributed by atoms with Crippen LogP contribution >= 0.6 is 11.6 Å². The average Bonchev–Trinajstić information content (AvgIpc) is 3.32. The van der Waals surface area contributed by atoms with Crippen molar-refractivity contribution in [3.63, 3.8) is 0 Å². The molecule has 0 bridgehead atoms. The summed E-state index contributed by atoms with van der Waals surface area (Å²) in [6, 6.07) is 2.37. The Hall–Kier alpha value is -0.820. The zero-order chi connectivity index (χ0) is 18.8. The van der Waals surface area contributed by atoms with Crippen molar-refractivity contribution in [3.05, 3.63) is 34.1 Å². The van der Waals surface area contributed by atoms with Crippen molar-refractivity contribution in [1.82, 2.24) is 4.72 Å². The van der Waals surface area contributed by atoms with Crippen LogP contribution in [-0.2, 0) is 20.9 Å². The predicted molar refractivity (Wildman–Crippen MR) is 98.4 cm³/mol. The van der Waals surface area contributed by atoms with E-state index in [0.717, 1.165) is 12.8 Å². The third-order valence-electron chi connectivity index (χ3n) is 3.97. The van der Waals surface area contributed by atoms with Crippen LogP contribution in [0.1, 0.15) is 70.0 Å². The number of benzene rings is 1. The lowest BCUT2D eigenvalue weighted by Gasteiger charge is -2.28. The van der Waals surface area contributed by atoms with E-state index in [9.17, 15) is 9.35 Å². The third-order valence-corrected chi connectivity index (χ3v) is 5.80. The van der Waals surface area contributed by atoms with E-state index in [2.05, 4.69) is 4.72 Å². The highest BCUT2D eigenvalue weighted by atomic mass is 35.5. The minimum absolute atomic E-state index is 0.114. The number of rotatable bonds is 7. The summed E-state index contributed by atoms with van der Waals surface area (Å²) in [5.74, 6) is -0.674. The number of halogens is 2. The van der Waals surface area contributed by atoms with E-state index in [0.29, 0.717) is 10.6 Å². The predicted octanol–water partition coefficient (Wildman–Crippen LogP) is 4.40. The van der Waals surface area contributed by atoms with Crippen molar-refractivity contribution in [1.29, 1.82) is 0 Å². The number of carbonyl (C=O) groups excluding carboxylic acids is 1. The summed E-state index contributed by atoms with van der Waals surface area (Å²) in [7, 11) is 0. The van der Waals surface area contributed by atoms with E-state index in [-0.39, 0.29) is 30.3 Å². The second-order valence-electron chi connectivity index (χ2n) is 7.23. The summed E-state index contributed by atoms with van der Waals surface area (Å²) < 4.78 is 34.9. The zero-order valence-electron chi connectivity index (χ0n) is 15.0. The van der Waals surface area contributed by atoms with Crippen LogP contribution in [0.25, 0.3) is 0 Å². The van der Waals surface area contributed by atoms with Crippen LogP contribution < -0.4 is 4.72 Å². The van der Waals surface area contributed by atoms with Gasteiger partial charge in [0.2, 0.25) is 0 Å². The van der Waals surface area contributed by atoms with Crippen molar-refractivity contribution in [2.75, 3.05) is 6.61 Å². The second kappa shape index (κ2) is 8.25. The van der Waals surface area contributed by atoms with Gasteiger partial charge in [0.1, 0.15) is 10.6 Å². The van der Waals surface area contributed by atoms with Crippen LogP contribution in [0.15, 0.2) is 12.1 Å². The first-order valence-electron chi connectivity index (χ1n) is 8.46. The van der Waals surface area contributed by atoms with E-state index >= 15 is 4.39 Å². The molecule has 1 aliphatic carbocycles. The van der Waals surface area contributed by atoms with Crippen molar-refractivity contribution in [3.8, 4) is 0 Å². The number of ether oxygens (including phenoxy) is 1. The molecule has 25 heavy (non-hydrogen) atoms. The maximum Gasteiger partial charge on any atom is 0.307 e. The second-order valence-corrected chi connectivity index (χ2v) is 9.67. The molecule has 1 unspecified atom stereocenters. The lowest BCUT2D eigenvalue weighted by atomic mass is 9.99. The largest absolute Gasteiger partial charge is 0.598 e. The van der Waals surface area contributed by atoms with Gasteiger partial charge in [0.25, 0.3) is 0 Å². The Bertz CT molecular complexity index is 631. The van der Waals surface area contributed by atoms with Crippen LogP contribution in [0.5, 0.6) is 0 Å². The molecule has 0 saturated heterocycles. The SMILES string of the molecule is CCOC(=O)C[C@H](N[S+]([O-])C(C)(C)C)c1cc(Cl)cc(C2CC2)c1F. The van der Waals surface area contributed by atoms with Crippen molar-refractivity contribution in [2.24, 2.45) is 0 Å². The van der Waals surface area contributed by atoms with Crippen LogP contribution in [0.3, 0.4) is 0 Å². The molecule has 1 aromatic carbocycles. The molecule has 0 aromatic heterocycles. The molecule has 0 heterocycles. The zero-order valence-corrected chi connectivity index (χ0v) is 16.6. The molecular formula is C18H25ClFNO3S. The fourth-order valence-corrected chi connectivity index (χ4v) is 3.54. The summed E-state index contributed by atoms with van der Waals surface area (Å²) in [5, 5.41) is 0.412. The van der Waals surface area contributed by atoms with Gasteiger partial charge >= 0.3 is 5.97 Å². The number of hydrogen-bond acceptors (Lipinski definition) is 4. The lowest BCUT2D eigenvalue weighted by Crippen LogP contribution is -2.42. The van der Waals surface area contributed by atoms with Crippen LogP contribution in [0.2, 0.25) is 5.02 Å². The summed E-state index contributed by atoms with van der Waals surface area (Å²) in [6.45, 7) is 7.36. The van der Waals surface area contributed by atoms with Crippen molar-refractivity contribution < 1.29 is 18.5 Å².